The first-order valence-corrected chi connectivity index (χ1v) is 8.64. The van der Waals surface area contributed by atoms with E-state index in [1.54, 1.807) is 12.3 Å². The van der Waals surface area contributed by atoms with E-state index in [0.717, 1.165) is 49.7 Å². The highest BCUT2D eigenvalue weighted by Gasteiger charge is 2.30. The number of likely N-dealkylation sites (tertiary alicyclic amines) is 1. The van der Waals surface area contributed by atoms with Gasteiger partial charge in [0, 0.05) is 25.2 Å². The molecule has 2 fully saturated rings. The summed E-state index contributed by atoms with van der Waals surface area (Å²) in [4.78, 5) is 27.9. The smallest absolute Gasteiger partial charge is 0.272 e. The van der Waals surface area contributed by atoms with E-state index in [-0.39, 0.29) is 11.9 Å². The van der Waals surface area contributed by atoms with Crippen molar-refractivity contribution in [2.75, 3.05) is 13.1 Å². The van der Waals surface area contributed by atoms with Gasteiger partial charge < -0.3 is 4.90 Å². The van der Waals surface area contributed by atoms with Crippen molar-refractivity contribution in [3.8, 4) is 0 Å². The van der Waals surface area contributed by atoms with Gasteiger partial charge in [-0.1, -0.05) is 0 Å². The number of amides is 1. The van der Waals surface area contributed by atoms with Gasteiger partial charge in [-0.25, -0.2) is 19.6 Å². The Balaban J connectivity index is 1.52. The molecule has 3 heterocycles. The second-order valence-electron chi connectivity index (χ2n) is 6.77. The minimum atomic E-state index is -0.00140. The predicted molar refractivity (Wildman–Crippen MR) is 87.7 cm³/mol. The molecule has 2 aromatic heterocycles. The highest BCUT2D eigenvalue weighted by molar-refractivity contribution is 5.92. The zero-order valence-electron chi connectivity index (χ0n) is 14.1. The summed E-state index contributed by atoms with van der Waals surface area (Å²) in [7, 11) is 0. The van der Waals surface area contributed by atoms with Crippen molar-refractivity contribution in [2.45, 2.75) is 51.5 Å². The van der Waals surface area contributed by atoms with Gasteiger partial charge in [-0.2, -0.15) is 5.10 Å². The van der Waals surface area contributed by atoms with Crippen LogP contribution in [0.5, 0.6) is 0 Å². The Kier molecular flexibility index (Phi) is 3.78. The molecule has 7 heteroatoms. The molecule has 4 rings (SSSR count). The Morgan fingerprint density at radius 1 is 1.21 bits per heavy atom. The zero-order valence-corrected chi connectivity index (χ0v) is 14.1. The molecule has 1 aliphatic carbocycles. The standard InChI is InChI=1S/C17H22N6O/c1-11-19-12(2)23(21-11)14-4-3-9-22(10-14)17(24)15-7-8-18-16(20-15)13-5-6-13/h7-8,13-14H,3-6,9-10H2,1-2H3. The number of aryl methyl sites for hydroxylation is 2. The van der Waals surface area contributed by atoms with Crippen molar-refractivity contribution in [3.05, 3.63) is 35.4 Å². The van der Waals surface area contributed by atoms with Crippen LogP contribution < -0.4 is 0 Å². The number of rotatable bonds is 3. The van der Waals surface area contributed by atoms with Crippen LogP contribution in [-0.4, -0.2) is 48.6 Å². The fourth-order valence-corrected chi connectivity index (χ4v) is 3.41. The maximum Gasteiger partial charge on any atom is 0.272 e. The molecular weight excluding hydrogens is 304 g/mol. The predicted octanol–water partition coefficient (Wildman–Crippen LogP) is 2.04. The molecule has 24 heavy (non-hydrogen) atoms. The Morgan fingerprint density at radius 3 is 2.75 bits per heavy atom. The van der Waals surface area contributed by atoms with Crippen molar-refractivity contribution in [3.63, 3.8) is 0 Å². The SMILES string of the molecule is Cc1nc(C)n(C2CCCN(C(=O)c3ccnc(C4CC4)n3)C2)n1. The summed E-state index contributed by atoms with van der Waals surface area (Å²) in [5.41, 5.74) is 0.513. The molecule has 1 amide bonds. The second kappa shape index (κ2) is 5.96. The molecule has 0 radical (unpaired) electrons. The molecule has 1 unspecified atom stereocenters. The van der Waals surface area contributed by atoms with Gasteiger partial charge in [-0.3, -0.25) is 4.79 Å². The maximum absolute atomic E-state index is 12.9. The Labute approximate surface area is 141 Å². The van der Waals surface area contributed by atoms with Crippen LogP contribution >= 0.6 is 0 Å². The van der Waals surface area contributed by atoms with E-state index in [4.69, 9.17) is 0 Å². The summed E-state index contributed by atoms with van der Waals surface area (Å²) >= 11 is 0. The van der Waals surface area contributed by atoms with Crippen molar-refractivity contribution >= 4 is 5.91 Å². The molecule has 1 aliphatic heterocycles. The minimum Gasteiger partial charge on any atom is -0.335 e. The molecule has 0 spiro atoms. The van der Waals surface area contributed by atoms with Gasteiger partial charge in [-0.05, 0) is 45.6 Å². The summed E-state index contributed by atoms with van der Waals surface area (Å²) in [5, 5.41) is 4.49. The van der Waals surface area contributed by atoms with Gasteiger partial charge in [0.15, 0.2) is 0 Å². The molecule has 1 saturated heterocycles. The molecule has 126 valence electrons. The zero-order chi connectivity index (χ0) is 16.7. The lowest BCUT2D eigenvalue weighted by Crippen LogP contribution is -2.41. The van der Waals surface area contributed by atoms with E-state index in [0.29, 0.717) is 18.2 Å². The highest BCUT2D eigenvalue weighted by atomic mass is 16.2. The summed E-state index contributed by atoms with van der Waals surface area (Å²) in [6.07, 6.45) is 5.96. The summed E-state index contributed by atoms with van der Waals surface area (Å²) < 4.78 is 1.96. The second-order valence-corrected chi connectivity index (χ2v) is 6.77. The van der Waals surface area contributed by atoms with Crippen LogP contribution in [0.2, 0.25) is 0 Å². The fraction of sp³-hybridized carbons (Fsp3) is 0.588. The van der Waals surface area contributed by atoms with Crippen LogP contribution in [0.4, 0.5) is 0 Å². The third-order valence-electron chi connectivity index (χ3n) is 4.77. The molecule has 1 atom stereocenters. The van der Waals surface area contributed by atoms with Crippen LogP contribution in [0.1, 0.15) is 65.6 Å². The average Bonchev–Trinajstić information content (AvgIpc) is 3.39. The van der Waals surface area contributed by atoms with Crippen LogP contribution in [-0.2, 0) is 0 Å². The number of hydrogen-bond acceptors (Lipinski definition) is 5. The summed E-state index contributed by atoms with van der Waals surface area (Å²) in [6, 6.07) is 1.91. The largest absolute Gasteiger partial charge is 0.335 e. The van der Waals surface area contributed by atoms with Crippen LogP contribution in [0, 0.1) is 13.8 Å². The van der Waals surface area contributed by atoms with Crippen LogP contribution in [0.15, 0.2) is 12.3 Å². The van der Waals surface area contributed by atoms with E-state index in [2.05, 4.69) is 20.1 Å². The van der Waals surface area contributed by atoms with Gasteiger partial charge in [0.25, 0.3) is 5.91 Å². The molecular formula is C17H22N6O. The summed E-state index contributed by atoms with van der Waals surface area (Å²) in [6.45, 7) is 5.29. The number of carbonyl (C=O) groups is 1. The lowest BCUT2D eigenvalue weighted by molar-refractivity contribution is 0.0664. The van der Waals surface area contributed by atoms with E-state index in [9.17, 15) is 4.79 Å². The van der Waals surface area contributed by atoms with Crippen molar-refractivity contribution in [1.82, 2.24) is 29.6 Å². The van der Waals surface area contributed by atoms with Gasteiger partial charge in [-0.15, -0.1) is 0 Å². The lowest BCUT2D eigenvalue weighted by Gasteiger charge is -2.33. The molecule has 0 N–H and O–H groups in total. The molecule has 2 aliphatic rings. The highest BCUT2D eigenvalue weighted by Crippen LogP contribution is 2.37. The lowest BCUT2D eigenvalue weighted by atomic mass is 10.1. The first-order chi connectivity index (χ1) is 11.6. The number of hydrogen-bond donors (Lipinski definition) is 0. The van der Waals surface area contributed by atoms with Gasteiger partial charge >= 0.3 is 0 Å². The Morgan fingerprint density at radius 2 is 2.04 bits per heavy atom. The Hall–Kier alpha value is -2.31. The van der Waals surface area contributed by atoms with Gasteiger partial charge in [0.1, 0.15) is 23.2 Å². The first kappa shape index (κ1) is 15.2. The van der Waals surface area contributed by atoms with Gasteiger partial charge in [0.05, 0.1) is 6.04 Å². The van der Waals surface area contributed by atoms with E-state index >= 15 is 0 Å². The monoisotopic (exact) mass is 326 g/mol. The molecule has 7 nitrogen and oxygen atoms in total. The van der Waals surface area contributed by atoms with Crippen LogP contribution in [0.25, 0.3) is 0 Å². The number of aromatic nitrogens is 5. The summed E-state index contributed by atoms with van der Waals surface area (Å²) in [5.74, 6) is 2.95. The van der Waals surface area contributed by atoms with Crippen molar-refractivity contribution in [1.29, 1.82) is 0 Å². The van der Waals surface area contributed by atoms with E-state index < -0.39 is 0 Å². The Bertz CT molecular complexity index is 766. The van der Waals surface area contributed by atoms with E-state index in [1.807, 2.05) is 23.4 Å². The number of nitrogens with zero attached hydrogens (tertiary/aromatic N) is 6. The third-order valence-corrected chi connectivity index (χ3v) is 4.77. The molecule has 1 saturated carbocycles. The minimum absolute atomic E-state index is 0.00140. The quantitative estimate of drug-likeness (QED) is 0.862. The molecule has 2 aromatic rings. The third kappa shape index (κ3) is 2.90. The first-order valence-electron chi connectivity index (χ1n) is 8.64. The molecule has 0 aromatic carbocycles. The van der Waals surface area contributed by atoms with Gasteiger partial charge in [0.2, 0.25) is 0 Å². The molecule has 0 bridgehead atoms. The fourth-order valence-electron chi connectivity index (χ4n) is 3.41. The maximum atomic E-state index is 12.9. The number of piperidine rings is 1. The van der Waals surface area contributed by atoms with Crippen molar-refractivity contribution < 1.29 is 4.79 Å². The van der Waals surface area contributed by atoms with Crippen molar-refractivity contribution in [2.24, 2.45) is 0 Å². The number of carbonyl (C=O) groups excluding carboxylic acids is 1. The average molecular weight is 326 g/mol. The normalized spacial score (nSPS) is 21.1. The topological polar surface area (TPSA) is 76.8 Å². The van der Waals surface area contributed by atoms with E-state index in [1.165, 1.54) is 0 Å². The van der Waals surface area contributed by atoms with Crippen LogP contribution in [0.3, 0.4) is 0 Å².